The zero-order valence-corrected chi connectivity index (χ0v) is 27.5. The summed E-state index contributed by atoms with van der Waals surface area (Å²) in [6, 6.07) is 3.68. The van der Waals surface area contributed by atoms with Gasteiger partial charge in [-0.2, -0.15) is 0 Å². The van der Waals surface area contributed by atoms with Gasteiger partial charge in [-0.25, -0.2) is 0 Å². The van der Waals surface area contributed by atoms with Crippen LogP contribution in [0.3, 0.4) is 0 Å². The number of aliphatic imine (C=N–C) groups is 1. The van der Waals surface area contributed by atoms with Gasteiger partial charge >= 0.3 is 228 Å². The van der Waals surface area contributed by atoms with E-state index in [0.717, 1.165) is 51.0 Å². The first kappa shape index (κ1) is 37.4. The molecule has 1 amide bonds. The number of carbonyl (C=O) groups excluding carboxylic acids is 1. The molecule has 8 nitrogen and oxygen atoms in total. The van der Waals surface area contributed by atoms with Crippen LogP contribution in [-0.4, -0.2) is 54.3 Å². The van der Waals surface area contributed by atoms with Crippen LogP contribution in [0.25, 0.3) is 5.70 Å². The summed E-state index contributed by atoms with van der Waals surface area (Å²) in [5.41, 5.74) is 0.0358. The Labute approximate surface area is 266 Å². The zero-order chi connectivity index (χ0) is 33.6. The van der Waals surface area contributed by atoms with Gasteiger partial charge in [0.1, 0.15) is 0 Å². The molecule has 2 unspecified atom stereocenters. The van der Waals surface area contributed by atoms with Gasteiger partial charge in [-0.05, 0) is 6.42 Å². The Balaban J connectivity index is 2.48. The van der Waals surface area contributed by atoms with Crippen molar-refractivity contribution in [3.63, 3.8) is 0 Å². The van der Waals surface area contributed by atoms with Gasteiger partial charge in [0, 0.05) is 0 Å². The minimum atomic E-state index is -4.63. The molecule has 12 heteroatoms. The number of ether oxygens (including phenoxy) is 2. The van der Waals surface area contributed by atoms with Gasteiger partial charge in [0.15, 0.2) is 0 Å². The molecule has 0 bridgehead atoms. The molecular formula is C33H46BF3N4O4. The Bertz CT molecular complexity index is 1300. The van der Waals surface area contributed by atoms with Crippen molar-refractivity contribution < 1.29 is 32.1 Å². The molecule has 1 heterocycles. The quantitative estimate of drug-likeness (QED) is 0.0739. The number of alkyl carbamates (subject to hydrolysis) is 1. The van der Waals surface area contributed by atoms with Crippen LogP contribution in [-0.2, 0) is 15.6 Å². The van der Waals surface area contributed by atoms with Crippen molar-refractivity contribution in [2.24, 2.45) is 10.9 Å². The summed E-state index contributed by atoms with van der Waals surface area (Å²) in [7, 11) is 1.15. The van der Waals surface area contributed by atoms with Gasteiger partial charge in [0.25, 0.3) is 0 Å². The third-order valence-electron chi connectivity index (χ3n) is 7.20. The molecular weight excluding hydrogens is 584 g/mol. The van der Waals surface area contributed by atoms with E-state index in [2.05, 4.69) is 12.2 Å². The number of carbonyl (C=O) groups is 1. The van der Waals surface area contributed by atoms with Crippen molar-refractivity contribution in [2.75, 3.05) is 13.2 Å². The predicted octanol–water partition coefficient (Wildman–Crippen LogP) is 7.87. The number of likely N-dealkylation sites (tertiary alicyclic amines) is 1. The molecule has 2 rings (SSSR count). The monoisotopic (exact) mass is 630 g/mol. The number of nitriles is 1. The van der Waals surface area contributed by atoms with E-state index < -0.39 is 23.4 Å². The summed E-state index contributed by atoms with van der Waals surface area (Å²) in [6.07, 6.45) is 6.62. The van der Waals surface area contributed by atoms with Crippen LogP contribution in [0.4, 0.5) is 18.0 Å². The number of amides is 1. The number of nitrogens with one attached hydrogen (secondary N) is 1. The summed E-state index contributed by atoms with van der Waals surface area (Å²) < 4.78 is 58.3. The molecule has 1 aliphatic rings. The maximum absolute atomic E-state index is 14.2. The van der Waals surface area contributed by atoms with Crippen molar-refractivity contribution in [1.29, 1.82) is 5.26 Å². The first-order valence-corrected chi connectivity index (χ1v) is 15.5. The van der Waals surface area contributed by atoms with E-state index in [0.29, 0.717) is 24.2 Å². The zero-order valence-electron chi connectivity index (χ0n) is 27.5. The van der Waals surface area contributed by atoms with Crippen LogP contribution in [0.15, 0.2) is 41.4 Å². The molecule has 1 fully saturated rings. The average Bonchev–Trinajstić information content (AvgIpc) is 3.45. The topological polar surface area (TPSA) is 96.2 Å². The fourth-order valence-electron chi connectivity index (χ4n) is 4.86. The molecule has 246 valence electrons. The summed E-state index contributed by atoms with van der Waals surface area (Å²) in [4.78, 5) is 19.5. The summed E-state index contributed by atoms with van der Waals surface area (Å²) in [5.74, 6) is -0.287. The van der Waals surface area contributed by atoms with Crippen molar-refractivity contribution in [1.82, 2.24) is 10.2 Å². The second-order valence-corrected chi connectivity index (χ2v) is 11.8. The Morgan fingerprint density at radius 3 is 2.60 bits per heavy atom. The molecule has 0 aliphatic carbocycles. The number of unbranched alkanes of at least 4 members (excludes halogenated alkanes) is 2. The summed E-state index contributed by atoms with van der Waals surface area (Å²) in [6.45, 7) is 13.6. The third-order valence-corrected chi connectivity index (χ3v) is 7.20. The van der Waals surface area contributed by atoms with E-state index in [1.807, 2.05) is 24.8 Å². The molecule has 2 atom stereocenters. The van der Waals surface area contributed by atoms with Crippen molar-refractivity contribution in [3.05, 3.63) is 47.6 Å². The molecule has 0 saturated carbocycles. The molecule has 1 N–H and O–H groups in total. The molecule has 1 aliphatic heterocycles. The molecule has 45 heavy (non-hydrogen) atoms. The standard InChI is InChI=1S/C33H46BF3N4O4/c1-8-11-12-13-14-20-43-28-18-17-24(21-25(28)33(35,36)37)26(10-3)39-29(23(4)9-2)27-16-15-19-41(27)30(34-44-22-38)40-31(42)45-32(5,6)7/h10,13-14,17-18,21,23,27H,8-9,11-12,15-16,19-20H2,1-7H3,(H,40,42)/b14-13+,26-10-,39-29?. The first-order valence-electron chi connectivity index (χ1n) is 15.5. The van der Waals surface area contributed by atoms with Crippen LogP contribution in [0.1, 0.15) is 98.1 Å². The van der Waals surface area contributed by atoms with E-state index >= 15 is 0 Å². The number of hydrogen-bond acceptors (Lipinski definition) is 7. The van der Waals surface area contributed by atoms with Gasteiger partial charge < -0.3 is 0 Å². The molecule has 0 spiro atoms. The molecule has 0 aromatic heterocycles. The van der Waals surface area contributed by atoms with Gasteiger partial charge in [0.05, 0.1) is 0 Å². The molecule has 0 radical (unpaired) electrons. The SMILES string of the molecule is C/C=C(\N=C(C(C)CC)C1CCCN1C(=BOC#N)NC(=O)OC(C)(C)C)c1ccc(OC/C=C/CCCC)c(C(F)(F)F)c1. The van der Waals surface area contributed by atoms with Gasteiger partial charge in [0.2, 0.25) is 0 Å². The van der Waals surface area contributed by atoms with Crippen LogP contribution >= 0.6 is 0 Å². The van der Waals surface area contributed by atoms with Crippen LogP contribution in [0.2, 0.25) is 0 Å². The van der Waals surface area contributed by atoms with Crippen LogP contribution in [0.5, 0.6) is 5.75 Å². The predicted molar refractivity (Wildman–Crippen MR) is 173 cm³/mol. The van der Waals surface area contributed by atoms with Gasteiger partial charge in [-0.1, -0.05) is 31.9 Å². The van der Waals surface area contributed by atoms with Crippen LogP contribution in [0, 0.1) is 17.4 Å². The van der Waals surface area contributed by atoms with E-state index in [1.165, 1.54) is 6.07 Å². The van der Waals surface area contributed by atoms with E-state index in [1.54, 1.807) is 52.2 Å². The number of rotatable bonds is 14. The summed E-state index contributed by atoms with van der Waals surface area (Å²) in [5, 5.41) is 11.7. The first-order chi connectivity index (χ1) is 21.2. The van der Waals surface area contributed by atoms with E-state index in [-0.39, 0.29) is 30.0 Å². The number of allylic oxidation sites excluding steroid dienone is 2. The van der Waals surface area contributed by atoms with E-state index in [9.17, 15) is 18.0 Å². The van der Waals surface area contributed by atoms with E-state index in [4.69, 9.17) is 24.4 Å². The second kappa shape index (κ2) is 17.7. The fourth-order valence-corrected chi connectivity index (χ4v) is 4.86. The average molecular weight is 631 g/mol. The van der Waals surface area contributed by atoms with Crippen molar-refractivity contribution >= 4 is 30.3 Å². The normalized spacial score (nSPS) is 17.1. The summed E-state index contributed by atoms with van der Waals surface area (Å²) >= 11 is 0. The second-order valence-electron chi connectivity index (χ2n) is 11.8. The number of halogens is 3. The molecule has 1 aromatic rings. The fraction of sp³-hybridized carbons (Fsp3) is 0.576. The minimum absolute atomic E-state index is 0.0408. The van der Waals surface area contributed by atoms with Gasteiger partial charge in [-0.3, -0.25) is 0 Å². The van der Waals surface area contributed by atoms with Crippen LogP contribution < -0.4 is 10.1 Å². The Kier molecular flexibility index (Phi) is 14.7. The number of hydrogen-bond donors (Lipinski definition) is 1. The third kappa shape index (κ3) is 11.9. The van der Waals surface area contributed by atoms with Gasteiger partial charge in [-0.15, -0.1) is 0 Å². The molecule has 1 saturated heterocycles. The number of benzene rings is 1. The Hall–Kier alpha value is -3.75. The Morgan fingerprint density at radius 2 is 2.00 bits per heavy atom. The number of alkyl halides is 3. The Morgan fingerprint density at radius 1 is 1.27 bits per heavy atom. The van der Waals surface area contributed by atoms with Crippen molar-refractivity contribution in [2.45, 2.75) is 105 Å². The van der Waals surface area contributed by atoms with Crippen molar-refractivity contribution in [3.8, 4) is 12.0 Å². The number of nitrogens with zero attached hydrogens (tertiary/aromatic N) is 3. The molecule has 1 aromatic carbocycles. The maximum atomic E-state index is 14.2.